The van der Waals surface area contributed by atoms with Crippen LogP contribution in [0.4, 0.5) is 38.0 Å². The Morgan fingerprint density at radius 2 is 1.63 bits per heavy atom. The minimum Gasteiger partial charge on any atom is -0.497 e. The molecule has 0 spiro atoms. The molecule has 1 aliphatic heterocycles. The number of piperazine rings is 1. The van der Waals surface area contributed by atoms with Gasteiger partial charge in [-0.3, -0.25) is 4.90 Å². The quantitative estimate of drug-likeness (QED) is 0.169. The third kappa shape index (κ3) is 7.19. The molecular weight excluding hydrogens is 667 g/mol. The number of nitrogens with one attached hydrogen (secondary N) is 1. The summed E-state index contributed by atoms with van der Waals surface area (Å²) in [5.74, 6) is 1.33. The molecule has 0 atom stereocenters. The summed E-state index contributed by atoms with van der Waals surface area (Å²) >= 11 is 0. The van der Waals surface area contributed by atoms with Crippen LogP contribution in [0.2, 0.25) is 0 Å². The largest absolute Gasteiger partial charge is 0.497 e. The molecule has 15 heteroatoms. The molecule has 5 aromatic rings. The molecule has 2 N–H and O–H groups in total. The van der Waals surface area contributed by atoms with Crippen LogP contribution in [0, 0.1) is 17.1 Å². The Kier molecular flexibility index (Phi) is 9.64. The van der Waals surface area contributed by atoms with Crippen LogP contribution in [-0.4, -0.2) is 89.2 Å². The van der Waals surface area contributed by atoms with Crippen LogP contribution >= 0.6 is 0 Å². The molecule has 3 heterocycles. The van der Waals surface area contributed by atoms with Gasteiger partial charge in [-0.25, -0.2) is 14.2 Å². The van der Waals surface area contributed by atoms with Crippen molar-refractivity contribution in [2.45, 2.75) is 32.0 Å². The lowest BCUT2D eigenvalue weighted by Crippen LogP contribution is -2.45. The zero-order valence-corrected chi connectivity index (χ0v) is 29.2. The molecule has 268 valence electrons. The number of likely N-dealkylation sites (N-methyl/N-ethyl adjacent to an activating group) is 1. The highest BCUT2D eigenvalue weighted by Crippen LogP contribution is 2.37. The smallest absolute Gasteiger partial charge is 0.412 e. The van der Waals surface area contributed by atoms with E-state index < -0.39 is 11.9 Å². The molecule has 0 unspecified atom stereocenters. The summed E-state index contributed by atoms with van der Waals surface area (Å²) in [5.41, 5.74) is 2.84. The van der Waals surface area contributed by atoms with Crippen LogP contribution in [0.15, 0.2) is 66.9 Å². The number of carbonyl (C=O) groups is 1. The number of nitrogens with zero attached hydrogens (tertiary/aromatic N) is 9. The number of aromatic nitrogens is 4. The molecule has 52 heavy (non-hydrogen) atoms. The number of ether oxygens (including phenoxy) is 2. The number of carboxylic acid groups (broad SMARTS) is 1. The number of imidazole rings is 1. The highest BCUT2D eigenvalue weighted by atomic mass is 19.1. The minimum atomic E-state index is -1.20. The van der Waals surface area contributed by atoms with Gasteiger partial charge in [0.05, 0.1) is 44.0 Å². The van der Waals surface area contributed by atoms with E-state index in [0.717, 1.165) is 29.7 Å². The van der Waals surface area contributed by atoms with Crippen molar-refractivity contribution in [3.05, 3.63) is 89.5 Å². The van der Waals surface area contributed by atoms with E-state index in [9.17, 15) is 15.2 Å². The molecule has 1 saturated heterocycles. The monoisotopic (exact) mass is 706 g/mol. The van der Waals surface area contributed by atoms with Crippen LogP contribution in [0.1, 0.15) is 29.7 Å². The minimum absolute atomic E-state index is 0.00976. The molecule has 0 radical (unpaired) electrons. The third-order valence-electron chi connectivity index (χ3n) is 9.40. The van der Waals surface area contributed by atoms with E-state index in [2.05, 4.69) is 31.3 Å². The number of halogens is 1. The van der Waals surface area contributed by atoms with Gasteiger partial charge < -0.3 is 34.6 Å². The number of fused-ring (bicyclic) bond motifs is 1. The topological polar surface area (TPSA) is 148 Å². The molecule has 2 fully saturated rings. The van der Waals surface area contributed by atoms with E-state index in [1.165, 1.54) is 21.7 Å². The lowest BCUT2D eigenvalue weighted by atomic mass is 10.1. The van der Waals surface area contributed by atoms with Crippen molar-refractivity contribution >= 4 is 40.6 Å². The first-order valence-corrected chi connectivity index (χ1v) is 17.0. The molecule has 1 amide bonds. The second-order valence-electron chi connectivity index (χ2n) is 12.9. The third-order valence-corrected chi connectivity index (χ3v) is 9.40. The maximum atomic E-state index is 16.7. The fourth-order valence-corrected chi connectivity index (χ4v) is 6.30. The van der Waals surface area contributed by atoms with Gasteiger partial charge in [0.15, 0.2) is 23.0 Å². The maximum Gasteiger partial charge on any atom is 0.412 e. The SMILES string of the molecule is COc1ccc(CN(C(=O)O)c2cc(Nc3nc(N(Cc4ccc(OC)cc4)C4CC4)c4ncc(C#N)n4n3)c(F)c(N3CCN(C)CC3)c2)cc1. The lowest BCUT2D eigenvalue weighted by Gasteiger charge is -2.35. The summed E-state index contributed by atoms with van der Waals surface area (Å²) in [7, 11) is 5.19. The van der Waals surface area contributed by atoms with Crippen molar-refractivity contribution in [3.63, 3.8) is 0 Å². The Hall–Kier alpha value is -6.14. The second-order valence-corrected chi connectivity index (χ2v) is 12.9. The van der Waals surface area contributed by atoms with Gasteiger partial charge in [0.1, 0.15) is 17.6 Å². The Labute approximate surface area is 300 Å². The van der Waals surface area contributed by atoms with Gasteiger partial charge in [0.25, 0.3) is 0 Å². The summed E-state index contributed by atoms with van der Waals surface area (Å²) in [6.45, 7) is 3.06. The van der Waals surface area contributed by atoms with E-state index in [0.29, 0.717) is 49.9 Å². The van der Waals surface area contributed by atoms with Gasteiger partial charge in [-0.05, 0) is 67.4 Å². The van der Waals surface area contributed by atoms with Crippen molar-refractivity contribution in [1.29, 1.82) is 5.26 Å². The maximum absolute atomic E-state index is 16.7. The van der Waals surface area contributed by atoms with Crippen molar-refractivity contribution in [1.82, 2.24) is 24.5 Å². The van der Waals surface area contributed by atoms with Gasteiger partial charge >= 0.3 is 6.09 Å². The number of benzene rings is 3. The number of rotatable bonds is 12. The van der Waals surface area contributed by atoms with Crippen LogP contribution in [0.5, 0.6) is 11.5 Å². The molecule has 0 bridgehead atoms. The predicted octanol–water partition coefficient (Wildman–Crippen LogP) is 5.50. The Morgan fingerprint density at radius 1 is 1.00 bits per heavy atom. The normalized spacial score (nSPS) is 14.6. The van der Waals surface area contributed by atoms with E-state index in [4.69, 9.17) is 14.5 Å². The molecule has 3 aromatic carbocycles. The number of hydrogen-bond donors (Lipinski definition) is 2. The second kappa shape index (κ2) is 14.6. The van der Waals surface area contributed by atoms with Crippen LogP contribution in [0.3, 0.4) is 0 Å². The lowest BCUT2D eigenvalue weighted by molar-refractivity contribution is 0.201. The first kappa shape index (κ1) is 34.3. The molecule has 2 aromatic heterocycles. The van der Waals surface area contributed by atoms with Gasteiger partial charge in [-0.1, -0.05) is 24.3 Å². The van der Waals surface area contributed by atoms with Crippen LogP contribution in [0.25, 0.3) is 5.65 Å². The summed E-state index contributed by atoms with van der Waals surface area (Å²) in [5, 5.41) is 28.0. The Bertz CT molecular complexity index is 2110. The molecule has 7 rings (SSSR count). The van der Waals surface area contributed by atoms with Gasteiger partial charge in [0, 0.05) is 38.8 Å². The number of nitriles is 1. The van der Waals surface area contributed by atoms with Gasteiger partial charge in [-0.15, -0.1) is 5.10 Å². The number of hydrogen-bond acceptors (Lipinski definition) is 11. The van der Waals surface area contributed by atoms with E-state index in [1.807, 2.05) is 36.2 Å². The molecule has 1 aliphatic carbocycles. The van der Waals surface area contributed by atoms with Crippen molar-refractivity contribution in [2.75, 3.05) is 67.5 Å². The first-order valence-electron chi connectivity index (χ1n) is 17.0. The number of methoxy groups -OCH3 is 2. The van der Waals surface area contributed by atoms with Gasteiger partial charge in [0.2, 0.25) is 5.95 Å². The zero-order valence-electron chi connectivity index (χ0n) is 29.2. The van der Waals surface area contributed by atoms with Crippen molar-refractivity contribution in [3.8, 4) is 17.6 Å². The van der Waals surface area contributed by atoms with Crippen molar-refractivity contribution in [2.24, 2.45) is 0 Å². The fourth-order valence-electron chi connectivity index (χ4n) is 6.30. The summed E-state index contributed by atoms with van der Waals surface area (Å²) in [6.07, 6.45) is 2.14. The zero-order chi connectivity index (χ0) is 36.4. The highest BCUT2D eigenvalue weighted by molar-refractivity contribution is 5.89. The summed E-state index contributed by atoms with van der Waals surface area (Å²) in [4.78, 5) is 29.5. The first-order chi connectivity index (χ1) is 25.2. The number of amides is 1. The Balaban J connectivity index is 1.30. The highest BCUT2D eigenvalue weighted by Gasteiger charge is 2.33. The predicted molar refractivity (Wildman–Crippen MR) is 194 cm³/mol. The fraction of sp³-hybridized carbons (Fsp3) is 0.324. The molecule has 2 aliphatic rings. The van der Waals surface area contributed by atoms with Crippen molar-refractivity contribution < 1.29 is 23.8 Å². The molecular formula is C37H39FN10O4. The van der Waals surface area contributed by atoms with E-state index in [-0.39, 0.29) is 41.3 Å². The summed E-state index contributed by atoms with van der Waals surface area (Å²) < 4.78 is 28.7. The van der Waals surface area contributed by atoms with E-state index in [1.54, 1.807) is 44.6 Å². The summed E-state index contributed by atoms with van der Waals surface area (Å²) in [6, 6.07) is 20.2. The average Bonchev–Trinajstić information content (AvgIpc) is 3.92. The van der Waals surface area contributed by atoms with Gasteiger partial charge in [-0.2, -0.15) is 14.8 Å². The molecule has 14 nitrogen and oxygen atoms in total. The standard InChI is InChI=1S/C37H39FN10O4/c1-44-14-16-45(17-15-44)32-19-27(47(37(49)50)23-25-6-12-30(52-3)13-7-25)18-31(33(32)38)41-36-42-35(34-40-21-28(20-39)48(34)43-36)46(26-8-9-26)22-24-4-10-29(51-2)11-5-24/h4-7,10-13,18-19,21,26H,8-9,14-17,22-23H2,1-3H3,(H,41,43)(H,49,50). The molecule has 1 saturated carbocycles. The van der Waals surface area contributed by atoms with E-state index >= 15 is 4.39 Å². The van der Waals surface area contributed by atoms with Crippen LogP contribution < -0.4 is 29.5 Å². The average molecular weight is 707 g/mol. The number of anilines is 5. The Morgan fingerprint density at radius 3 is 2.21 bits per heavy atom. The van der Waals surface area contributed by atoms with Crippen LogP contribution in [-0.2, 0) is 13.1 Å².